The molecule has 2 atom stereocenters. The third-order valence-corrected chi connectivity index (χ3v) is 11.8. The van der Waals surface area contributed by atoms with E-state index in [1.807, 2.05) is 97.9 Å². The van der Waals surface area contributed by atoms with Gasteiger partial charge in [0.05, 0.1) is 17.3 Å². The molecule has 2 heterocycles. The highest BCUT2D eigenvalue weighted by molar-refractivity contribution is 5.91. The minimum atomic E-state index is -0.846. The maximum Gasteiger partial charge on any atom is 0.411 e. The Bertz CT molecular complexity index is 2590. The largest absolute Gasteiger partial charge is 0.506 e. The molecule has 13 nitrogen and oxygen atoms in total. The van der Waals surface area contributed by atoms with E-state index in [1.165, 1.54) is 12.1 Å². The van der Waals surface area contributed by atoms with E-state index in [-0.39, 0.29) is 41.8 Å². The lowest BCUT2D eigenvalue weighted by Crippen LogP contribution is -2.40. The van der Waals surface area contributed by atoms with Gasteiger partial charge in [-0.1, -0.05) is 103 Å². The number of anilines is 1. The molecule has 3 amide bonds. The maximum absolute atomic E-state index is 12.8. The molecule has 0 saturated carbocycles. The van der Waals surface area contributed by atoms with Crippen LogP contribution in [-0.4, -0.2) is 76.3 Å². The number of para-hydroxylation sites is 1. The Labute approximate surface area is 379 Å². The molecule has 13 heteroatoms. The maximum atomic E-state index is 12.8. The van der Waals surface area contributed by atoms with Crippen LogP contribution >= 0.6 is 0 Å². The predicted molar refractivity (Wildman–Crippen MR) is 253 cm³/mol. The van der Waals surface area contributed by atoms with E-state index in [1.54, 1.807) is 12.1 Å². The van der Waals surface area contributed by atoms with Crippen molar-refractivity contribution in [3.63, 3.8) is 0 Å². The zero-order valence-electron chi connectivity index (χ0n) is 36.7. The topological polar surface area (TPSA) is 185 Å². The van der Waals surface area contributed by atoms with Gasteiger partial charge in [0.25, 0.3) is 0 Å². The first-order valence-corrected chi connectivity index (χ1v) is 22.4. The quantitative estimate of drug-likeness (QED) is 0.0445. The van der Waals surface area contributed by atoms with Crippen molar-refractivity contribution in [3.05, 3.63) is 166 Å². The number of benzene rings is 5. The van der Waals surface area contributed by atoms with Crippen LogP contribution in [0, 0.1) is 0 Å². The van der Waals surface area contributed by atoms with E-state index >= 15 is 0 Å². The van der Waals surface area contributed by atoms with Gasteiger partial charge >= 0.3 is 6.09 Å². The number of aryl methyl sites for hydroxylation is 1. The van der Waals surface area contributed by atoms with Gasteiger partial charge in [-0.3, -0.25) is 19.7 Å². The Hall–Kier alpha value is -6.80. The fourth-order valence-electron chi connectivity index (χ4n) is 8.18. The number of phenolic OH excluding ortho intramolecular Hbond substituents is 1. The molecule has 1 fully saturated rings. The molecule has 0 radical (unpaired) electrons. The number of hydrogen-bond acceptors (Lipinski definition) is 9. The fraction of sp³-hybridized carbons (Fsp3) is 0.308. The summed E-state index contributed by atoms with van der Waals surface area (Å²) in [6.07, 6.45) is 1.99. The summed E-state index contributed by atoms with van der Waals surface area (Å²) < 4.78 is 5.76. The van der Waals surface area contributed by atoms with E-state index in [9.17, 15) is 29.4 Å². The molecule has 1 aliphatic rings. The van der Waals surface area contributed by atoms with Gasteiger partial charge in [-0.25, -0.2) is 4.79 Å². The number of pyridine rings is 1. The predicted octanol–water partition coefficient (Wildman–Crippen LogP) is 7.12. The number of hydrogen-bond donors (Lipinski definition) is 7. The van der Waals surface area contributed by atoms with Gasteiger partial charge in [0.1, 0.15) is 11.9 Å². The lowest BCUT2D eigenvalue weighted by Gasteiger charge is -2.31. The van der Waals surface area contributed by atoms with Crippen LogP contribution in [0.1, 0.15) is 66.5 Å². The second-order valence-corrected chi connectivity index (χ2v) is 16.7. The van der Waals surface area contributed by atoms with E-state index in [4.69, 9.17) is 4.74 Å². The molecule has 7 rings (SSSR count). The van der Waals surface area contributed by atoms with Crippen molar-refractivity contribution < 1.29 is 29.3 Å². The number of aliphatic hydroxyl groups is 1. The SMILES string of the molecule is C[C@@H](Cc1cccc(CCC(=O)NCc2ccc(CNC(=O)CCN3CCC(OC(=O)Nc4ccccc4-c4ccccc4)CC3)cc2)c1)NC[C@H](O)c1ccc(O)c2[nH]c(=O)ccc12. The first kappa shape index (κ1) is 46.2. The number of carbonyl (C=O) groups is 3. The van der Waals surface area contributed by atoms with Crippen molar-refractivity contribution in [1.82, 2.24) is 25.8 Å². The number of rotatable bonds is 19. The normalized spacial score (nSPS) is 14.1. The fourth-order valence-corrected chi connectivity index (χ4v) is 8.18. The van der Waals surface area contributed by atoms with Crippen molar-refractivity contribution in [3.8, 4) is 16.9 Å². The summed E-state index contributed by atoms with van der Waals surface area (Å²) in [5, 5.41) is 34.0. The highest BCUT2D eigenvalue weighted by Gasteiger charge is 2.23. The average Bonchev–Trinajstić information content (AvgIpc) is 3.32. The molecule has 0 unspecified atom stereocenters. The molecule has 338 valence electrons. The molecule has 0 bridgehead atoms. The number of nitrogens with zero attached hydrogens (tertiary/aromatic N) is 1. The smallest absolute Gasteiger partial charge is 0.411 e. The van der Waals surface area contributed by atoms with Gasteiger partial charge in [-0.2, -0.15) is 0 Å². The molecule has 65 heavy (non-hydrogen) atoms. The average molecular weight is 879 g/mol. The molecular weight excluding hydrogens is 821 g/mol. The van der Waals surface area contributed by atoms with E-state index < -0.39 is 12.2 Å². The summed E-state index contributed by atoms with van der Waals surface area (Å²) in [5.74, 6) is -0.108. The van der Waals surface area contributed by atoms with Crippen molar-refractivity contribution in [2.24, 2.45) is 0 Å². The summed E-state index contributed by atoms with van der Waals surface area (Å²) in [6, 6.07) is 39.8. The standard InChI is InChI=1S/C52H58N6O7/c1-35(53-34-47(60)43-19-21-46(59)51-44(43)20-23-50(63)57-51)30-39-9-7-8-36(31-39)18-22-48(61)54-32-37-14-16-38(17-15-37)33-55-49(62)26-29-58-27-24-41(25-28-58)65-52(64)56-45-13-6-5-12-42(45)40-10-3-2-4-11-40/h2-17,19-21,23,31,35,41,47,53,59-60H,18,22,24-30,32-34H2,1H3,(H,54,61)(H,55,62)(H,56,64)(H,57,63)/t35-,47-/m0/s1. The number of fused-ring (bicyclic) bond motifs is 1. The van der Waals surface area contributed by atoms with Gasteiger partial charge in [-0.15, -0.1) is 0 Å². The Morgan fingerprint density at radius 2 is 1.45 bits per heavy atom. The number of phenols is 1. The number of aromatic hydroxyl groups is 1. The van der Waals surface area contributed by atoms with Crippen LogP contribution in [0.3, 0.4) is 0 Å². The van der Waals surface area contributed by atoms with Crippen LogP contribution < -0.4 is 26.8 Å². The molecule has 7 N–H and O–H groups in total. The number of H-pyrrole nitrogens is 1. The number of aromatic amines is 1. The lowest BCUT2D eigenvalue weighted by atomic mass is 10.0. The van der Waals surface area contributed by atoms with Crippen molar-refractivity contribution in [2.45, 2.75) is 76.8 Å². The minimum Gasteiger partial charge on any atom is -0.506 e. The Kier molecular flexibility index (Phi) is 16.1. The van der Waals surface area contributed by atoms with Crippen molar-refractivity contribution in [2.75, 3.05) is 31.5 Å². The Balaban J connectivity index is 0.747. The van der Waals surface area contributed by atoms with Gasteiger partial charge in [-0.05, 0) is 84.2 Å². The molecule has 0 aliphatic carbocycles. The molecule has 1 aromatic heterocycles. The lowest BCUT2D eigenvalue weighted by molar-refractivity contribution is -0.122. The highest BCUT2D eigenvalue weighted by atomic mass is 16.6. The minimum absolute atomic E-state index is 0.0234. The number of amides is 3. The molecule has 6 aromatic rings. The molecule has 1 aliphatic heterocycles. The van der Waals surface area contributed by atoms with Crippen molar-refractivity contribution >= 4 is 34.5 Å². The summed E-state index contributed by atoms with van der Waals surface area (Å²) >= 11 is 0. The summed E-state index contributed by atoms with van der Waals surface area (Å²) in [6.45, 7) is 5.29. The third kappa shape index (κ3) is 13.6. The number of carbonyl (C=O) groups excluding carboxylic acids is 3. The summed E-state index contributed by atoms with van der Waals surface area (Å²) in [4.78, 5) is 54.9. The summed E-state index contributed by atoms with van der Waals surface area (Å²) in [5.41, 5.74) is 7.38. The van der Waals surface area contributed by atoms with E-state index in [0.29, 0.717) is 73.9 Å². The third-order valence-electron chi connectivity index (χ3n) is 11.8. The first-order chi connectivity index (χ1) is 31.6. The van der Waals surface area contributed by atoms with E-state index in [2.05, 4.69) is 43.3 Å². The first-order valence-electron chi connectivity index (χ1n) is 22.4. The second kappa shape index (κ2) is 22.7. The molecule has 1 saturated heterocycles. The van der Waals surface area contributed by atoms with Crippen LogP contribution in [-0.2, 0) is 40.3 Å². The number of aromatic nitrogens is 1. The Morgan fingerprint density at radius 3 is 2.18 bits per heavy atom. The van der Waals surface area contributed by atoms with Crippen LogP contribution in [0.15, 0.2) is 132 Å². The number of likely N-dealkylation sites (tertiary alicyclic amines) is 1. The van der Waals surface area contributed by atoms with Crippen LogP contribution in [0.25, 0.3) is 22.0 Å². The zero-order valence-corrected chi connectivity index (χ0v) is 36.7. The van der Waals surface area contributed by atoms with Crippen LogP contribution in [0.4, 0.5) is 10.5 Å². The number of piperidine rings is 1. The van der Waals surface area contributed by atoms with Gasteiger partial charge in [0, 0.05) is 75.2 Å². The summed E-state index contributed by atoms with van der Waals surface area (Å²) in [7, 11) is 0. The van der Waals surface area contributed by atoms with Crippen molar-refractivity contribution in [1.29, 1.82) is 0 Å². The van der Waals surface area contributed by atoms with Crippen LogP contribution in [0.2, 0.25) is 0 Å². The number of ether oxygens (including phenoxy) is 1. The molecule has 0 spiro atoms. The zero-order chi connectivity index (χ0) is 45.5. The van der Waals surface area contributed by atoms with Crippen LogP contribution in [0.5, 0.6) is 5.75 Å². The highest BCUT2D eigenvalue weighted by Crippen LogP contribution is 2.30. The second-order valence-electron chi connectivity index (χ2n) is 16.7. The van der Waals surface area contributed by atoms with Gasteiger partial charge in [0.15, 0.2) is 0 Å². The monoisotopic (exact) mass is 878 g/mol. The Morgan fingerprint density at radius 1 is 0.769 bits per heavy atom. The number of aliphatic hydroxyl groups excluding tert-OH is 1. The van der Waals surface area contributed by atoms with Gasteiger partial charge < -0.3 is 40.8 Å². The van der Waals surface area contributed by atoms with Gasteiger partial charge in [0.2, 0.25) is 17.4 Å². The number of nitrogens with one attached hydrogen (secondary N) is 5. The molecule has 5 aromatic carbocycles. The van der Waals surface area contributed by atoms with E-state index in [0.717, 1.165) is 52.9 Å². The molecular formula is C52H58N6O7.